The van der Waals surface area contributed by atoms with Crippen LogP contribution in [0.3, 0.4) is 0 Å². The van der Waals surface area contributed by atoms with Crippen molar-refractivity contribution in [1.82, 2.24) is 0 Å². The van der Waals surface area contributed by atoms with Gasteiger partial charge in [-0.2, -0.15) is 0 Å². The topological polar surface area (TPSA) is 75.6 Å². The number of rotatable bonds is 4. The zero-order valence-electron chi connectivity index (χ0n) is 11.6. The third kappa shape index (κ3) is 3.66. The Kier molecular flexibility index (Phi) is 4.37. The van der Waals surface area contributed by atoms with E-state index in [1.807, 2.05) is 0 Å². The molecule has 0 radical (unpaired) electrons. The maximum Gasteiger partial charge on any atom is 0.328 e. The molecule has 1 aromatic rings. The molecular weight excluding hydrogens is 277 g/mol. The molecule has 1 unspecified atom stereocenters. The average molecular weight is 293 g/mol. The molecule has 0 bridgehead atoms. The first-order chi connectivity index (χ1) is 9.90. The number of hydrogen-bond acceptors (Lipinski definition) is 3. The summed E-state index contributed by atoms with van der Waals surface area (Å²) in [5.74, 6) is -2.07. The van der Waals surface area contributed by atoms with Crippen LogP contribution in [0.15, 0.2) is 24.3 Å². The van der Waals surface area contributed by atoms with Crippen molar-refractivity contribution < 1.29 is 23.8 Å². The first kappa shape index (κ1) is 15.2. The third-order valence-corrected chi connectivity index (χ3v) is 3.36. The highest BCUT2D eigenvalue weighted by Crippen LogP contribution is 2.27. The van der Waals surface area contributed by atoms with Crippen molar-refractivity contribution in [3.63, 3.8) is 0 Å². The Labute approximate surface area is 121 Å². The van der Waals surface area contributed by atoms with Crippen LogP contribution in [0, 0.1) is 5.82 Å². The quantitative estimate of drug-likeness (QED) is 0.836. The van der Waals surface area contributed by atoms with Gasteiger partial charge in [0.05, 0.1) is 0 Å². The summed E-state index contributed by atoms with van der Waals surface area (Å²) in [5, 5.41) is 11.1. The second kappa shape index (κ2) is 6.05. The van der Waals surface area contributed by atoms with E-state index in [0.717, 1.165) is 24.6 Å². The highest BCUT2D eigenvalue weighted by Gasteiger charge is 2.37. The van der Waals surface area contributed by atoms with E-state index in [2.05, 4.69) is 5.32 Å². The van der Waals surface area contributed by atoms with Gasteiger partial charge in [0.2, 0.25) is 0 Å². The SMILES string of the molecule is CC1(C(=O)Nc2ccc(/C=C/C(=O)O)c(F)c2)CCCO1. The van der Waals surface area contributed by atoms with Gasteiger partial charge in [0.15, 0.2) is 0 Å². The predicted molar refractivity (Wildman–Crippen MR) is 75.3 cm³/mol. The summed E-state index contributed by atoms with van der Waals surface area (Å²) in [7, 11) is 0. The monoisotopic (exact) mass is 293 g/mol. The molecule has 1 amide bonds. The van der Waals surface area contributed by atoms with Gasteiger partial charge in [-0.05, 0) is 44.0 Å². The van der Waals surface area contributed by atoms with Crippen molar-refractivity contribution in [3.8, 4) is 0 Å². The Bertz CT molecular complexity index is 591. The minimum Gasteiger partial charge on any atom is -0.478 e. The largest absolute Gasteiger partial charge is 0.478 e. The Morgan fingerprint density at radius 1 is 1.48 bits per heavy atom. The highest BCUT2D eigenvalue weighted by atomic mass is 19.1. The number of carbonyl (C=O) groups excluding carboxylic acids is 1. The van der Waals surface area contributed by atoms with Gasteiger partial charge < -0.3 is 15.2 Å². The lowest BCUT2D eigenvalue weighted by Gasteiger charge is -2.21. The lowest BCUT2D eigenvalue weighted by Crippen LogP contribution is -2.39. The maximum atomic E-state index is 13.8. The molecule has 5 nitrogen and oxygen atoms in total. The predicted octanol–water partition coefficient (Wildman–Crippen LogP) is 2.43. The first-order valence-corrected chi connectivity index (χ1v) is 6.57. The van der Waals surface area contributed by atoms with Gasteiger partial charge in [0, 0.05) is 23.9 Å². The Morgan fingerprint density at radius 2 is 2.24 bits per heavy atom. The molecule has 112 valence electrons. The van der Waals surface area contributed by atoms with Crippen molar-refractivity contribution in [3.05, 3.63) is 35.7 Å². The van der Waals surface area contributed by atoms with Gasteiger partial charge in [-0.3, -0.25) is 4.79 Å². The zero-order valence-corrected chi connectivity index (χ0v) is 11.6. The zero-order chi connectivity index (χ0) is 15.5. The van der Waals surface area contributed by atoms with Crippen molar-refractivity contribution in [2.75, 3.05) is 11.9 Å². The van der Waals surface area contributed by atoms with Crippen LogP contribution < -0.4 is 5.32 Å². The first-order valence-electron chi connectivity index (χ1n) is 6.57. The molecule has 1 heterocycles. The smallest absolute Gasteiger partial charge is 0.328 e. The molecule has 0 aromatic heterocycles. The summed E-state index contributed by atoms with van der Waals surface area (Å²) in [6.45, 7) is 2.24. The minimum absolute atomic E-state index is 0.138. The molecule has 0 saturated carbocycles. The van der Waals surface area contributed by atoms with Crippen LogP contribution in [0.5, 0.6) is 0 Å². The molecule has 0 spiro atoms. The molecule has 6 heteroatoms. The fourth-order valence-corrected chi connectivity index (χ4v) is 2.12. The molecule has 1 aromatic carbocycles. The van der Waals surface area contributed by atoms with Crippen molar-refractivity contribution >= 4 is 23.6 Å². The molecule has 0 aliphatic carbocycles. The molecule has 2 N–H and O–H groups in total. The summed E-state index contributed by atoms with van der Waals surface area (Å²) in [6.07, 6.45) is 3.45. The molecule has 1 saturated heterocycles. The van der Waals surface area contributed by atoms with Gasteiger partial charge >= 0.3 is 5.97 Å². The summed E-state index contributed by atoms with van der Waals surface area (Å²) < 4.78 is 19.2. The lowest BCUT2D eigenvalue weighted by molar-refractivity contribution is -0.133. The van der Waals surface area contributed by atoms with Crippen LogP contribution in [-0.2, 0) is 14.3 Å². The van der Waals surface area contributed by atoms with E-state index in [4.69, 9.17) is 9.84 Å². The number of hydrogen-bond donors (Lipinski definition) is 2. The third-order valence-electron chi connectivity index (χ3n) is 3.36. The number of carbonyl (C=O) groups is 2. The van der Waals surface area contributed by atoms with E-state index in [-0.39, 0.29) is 11.5 Å². The van der Waals surface area contributed by atoms with Crippen molar-refractivity contribution in [2.24, 2.45) is 0 Å². The summed E-state index contributed by atoms with van der Waals surface area (Å²) in [4.78, 5) is 22.5. The number of anilines is 1. The fraction of sp³-hybridized carbons (Fsp3) is 0.333. The van der Waals surface area contributed by atoms with E-state index in [9.17, 15) is 14.0 Å². The Morgan fingerprint density at radius 3 is 2.81 bits per heavy atom. The van der Waals surface area contributed by atoms with Crippen LogP contribution in [0.1, 0.15) is 25.3 Å². The highest BCUT2D eigenvalue weighted by molar-refractivity contribution is 5.97. The summed E-state index contributed by atoms with van der Waals surface area (Å²) >= 11 is 0. The normalized spacial score (nSPS) is 21.6. The molecule has 1 atom stereocenters. The van der Waals surface area contributed by atoms with Crippen LogP contribution >= 0.6 is 0 Å². The number of halogens is 1. The second-order valence-electron chi connectivity index (χ2n) is 5.04. The van der Waals surface area contributed by atoms with Gasteiger partial charge in [-0.25, -0.2) is 9.18 Å². The van der Waals surface area contributed by atoms with Gasteiger partial charge in [0.1, 0.15) is 11.4 Å². The Balaban J connectivity index is 2.10. The van der Waals surface area contributed by atoms with Gasteiger partial charge in [0.25, 0.3) is 5.91 Å². The number of amides is 1. The van der Waals surface area contributed by atoms with Crippen LogP contribution in [0.25, 0.3) is 6.08 Å². The van der Waals surface area contributed by atoms with Crippen molar-refractivity contribution in [1.29, 1.82) is 0 Å². The number of nitrogens with one attached hydrogen (secondary N) is 1. The number of carboxylic acid groups (broad SMARTS) is 1. The summed E-state index contributed by atoms with van der Waals surface area (Å²) in [5.41, 5.74) is -0.432. The number of ether oxygens (including phenoxy) is 1. The molecule has 2 rings (SSSR count). The van der Waals surface area contributed by atoms with Crippen LogP contribution in [-0.4, -0.2) is 29.2 Å². The van der Waals surface area contributed by atoms with Crippen LogP contribution in [0.2, 0.25) is 0 Å². The number of carboxylic acids is 1. The second-order valence-corrected chi connectivity index (χ2v) is 5.04. The maximum absolute atomic E-state index is 13.8. The molecule has 1 aliphatic heterocycles. The van der Waals surface area contributed by atoms with E-state index >= 15 is 0 Å². The van der Waals surface area contributed by atoms with Gasteiger partial charge in [-0.1, -0.05) is 0 Å². The van der Waals surface area contributed by atoms with E-state index in [0.29, 0.717) is 18.7 Å². The lowest BCUT2D eigenvalue weighted by atomic mass is 10.0. The molecule has 1 aliphatic rings. The average Bonchev–Trinajstić information content (AvgIpc) is 2.86. The van der Waals surface area contributed by atoms with E-state index < -0.39 is 17.4 Å². The molecular formula is C15H16FNO4. The molecule has 21 heavy (non-hydrogen) atoms. The fourth-order valence-electron chi connectivity index (χ4n) is 2.12. The van der Waals surface area contributed by atoms with E-state index in [1.54, 1.807) is 6.92 Å². The van der Waals surface area contributed by atoms with Crippen molar-refractivity contribution in [2.45, 2.75) is 25.4 Å². The summed E-state index contributed by atoms with van der Waals surface area (Å²) in [6, 6.07) is 4.07. The standard InChI is InChI=1S/C15H16FNO4/c1-15(7-2-8-21-15)14(20)17-11-5-3-10(12(16)9-11)4-6-13(18)19/h3-6,9H,2,7-8H2,1H3,(H,17,20)(H,18,19)/b6-4+. The number of aliphatic carboxylic acids is 1. The van der Waals surface area contributed by atoms with Gasteiger partial charge in [-0.15, -0.1) is 0 Å². The van der Waals surface area contributed by atoms with Crippen LogP contribution in [0.4, 0.5) is 10.1 Å². The van der Waals surface area contributed by atoms with E-state index in [1.165, 1.54) is 12.1 Å². The Hall–Kier alpha value is -2.21. The molecule has 1 fully saturated rings. The number of benzene rings is 1. The minimum atomic E-state index is -1.15.